The van der Waals surface area contributed by atoms with E-state index in [-0.39, 0.29) is 42.9 Å². The van der Waals surface area contributed by atoms with Crippen molar-refractivity contribution in [3.63, 3.8) is 0 Å². The van der Waals surface area contributed by atoms with E-state index >= 15 is 0 Å². The lowest BCUT2D eigenvalue weighted by molar-refractivity contribution is -0.138. The van der Waals surface area contributed by atoms with Gasteiger partial charge in [-0.25, -0.2) is 8.42 Å². The fourth-order valence-corrected chi connectivity index (χ4v) is 3.82. The van der Waals surface area contributed by atoms with E-state index in [9.17, 15) is 18.0 Å². The van der Waals surface area contributed by atoms with Gasteiger partial charge in [-0.3, -0.25) is 9.59 Å². The number of nitrogens with zero attached hydrogens (tertiary/aromatic N) is 2. The van der Waals surface area contributed by atoms with Crippen molar-refractivity contribution in [1.29, 1.82) is 0 Å². The average Bonchev–Trinajstić information content (AvgIpc) is 2.57. The Labute approximate surface area is 147 Å². The minimum absolute atomic E-state index is 0.0824. The Bertz CT molecular complexity index is 718. The van der Waals surface area contributed by atoms with E-state index in [4.69, 9.17) is 4.74 Å². The molecule has 1 aromatic rings. The molecular weight excluding hydrogens is 346 g/mol. The molecule has 0 aromatic heterocycles. The van der Waals surface area contributed by atoms with Crippen molar-refractivity contribution < 1.29 is 22.7 Å². The van der Waals surface area contributed by atoms with Gasteiger partial charge < -0.3 is 15.0 Å². The molecule has 0 spiro atoms. The maximum atomic E-state index is 12.6. The van der Waals surface area contributed by atoms with Gasteiger partial charge in [0.25, 0.3) is 0 Å². The molecule has 9 heteroatoms. The summed E-state index contributed by atoms with van der Waals surface area (Å²) in [5.41, 5.74) is 0.958. The highest BCUT2D eigenvalue weighted by molar-refractivity contribution is 7.89. The number of sulfonamides is 1. The second-order valence-electron chi connectivity index (χ2n) is 5.81. The highest BCUT2D eigenvalue weighted by Crippen LogP contribution is 2.18. The van der Waals surface area contributed by atoms with Gasteiger partial charge in [0.2, 0.25) is 21.8 Å². The zero-order valence-corrected chi connectivity index (χ0v) is 15.2. The van der Waals surface area contributed by atoms with Gasteiger partial charge in [0, 0.05) is 26.7 Å². The first-order valence-corrected chi connectivity index (χ1v) is 9.39. The van der Waals surface area contributed by atoms with Crippen molar-refractivity contribution >= 4 is 21.8 Å². The van der Waals surface area contributed by atoms with Gasteiger partial charge in [0.15, 0.2) is 0 Å². The Balaban J connectivity index is 1.95. The predicted molar refractivity (Wildman–Crippen MR) is 91.4 cm³/mol. The van der Waals surface area contributed by atoms with Crippen LogP contribution < -0.4 is 5.32 Å². The van der Waals surface area contributed by atoms with Gasteiger partial charge in [-0.05, 0) is 19.1 Å². The summed E-state index contributed by atoms with van der Waals surface area (Å²) in [6, 6.07) is 6.50. The van der Waals surface area contributed by atoms with Gasteiger partial charge in [-0.1, -0.05) is 17.7 Å². The molecule has 1 saturated heterocycles. The van der Waals surface area contributed by atoms with Crippen LogP contribution in [0, 0.1) is 6.92 Å². The topological polar surface area (TPSA) is 96.0 Å². The van der Waals surface area contributed by atoms with Crippen LogP contribution in [0.4, 0.5) is 0 Å². The molecule has 138 valence electrons. The molecule has 0 radical (unpaired) electrons. The monoisotopic (exact) mass is 369 g/mol. The van der Waals surface area contributed by atoms with Crippen LogP contribution in [0.2, 0.25) is 0 Å². The molecule has 0 atom stereocenters. The molecule has 1 aromatic carbocycles. The number of amides is 2. The number of nitrogens with one attached hydrogen (secondary N) is 1. The molecule has 2 amide bonds. The summed E-state index contributed by atoms with van der Waals surface area (Å²) in [5.74, 6) is -0.677. The number of rotatable bonds is 7. The highest BCUT2D eigenvalue weighted by Gasteiger charge is 2.33. The van der Waals surface area contributed by atoms with Gasteiger partial charge >= 0.3 is 0 Å². The second-order valence-corrected chi connectivity index (χ2v) is 7.75. The van der Waals surface area contributed by atoms with Crippen molar-refractivity contribution in [2.24, 2.45) is 0 Å². The fourth-order valence-electron chi connectivity index (χ4n) is 2.44. The van der Waals surface area contributed by atoms with Crippen molar-refractivity contribution in [2.45, 2.75) is 11.8 Å². The van der Waals surface area contributed by atoms with Crippen LogP contribution in [-0.2, 0) is 24.3 Å². The Morgan fingerprint density at radius 2 is 1.92 bits per heavy atom. The quantitative estimate of drug-likeness (QED) is 0.659. The van der Waals surface area contributed by atoms with E-state index in [1.165, 1.54) is 24.1 Å². The lowest BCUT2D eigenvalue weighted by Crippen LogP contribution is -2.54. The number of hydrogen-bond acceptors (Lipinski definition) is 5. The number of piperazine rings is 1. The highest BCUT2D eigenvalue weighted by atomic mass is 32.2. The van der Waals surface area contributed by atoms with Crippen LogP contribution in [0.1, 0.15) is 5.56 Å². The van der Waals surface area contributed by atoms with Crippen LogP contribution in [0.3, 0.4) is 0 Å². The minimum atomic E-state index is -3.71. The molecule has 25 heavy (non-hydrogen) atoms. The maximum Gasteiger partial charge on any atom is 0.243 e. The summed E-state index contributed by atoms with van der Waals surface area (Å²) in [6.45, 7) is 2.63. The lowest BCUT2D eigenvalue weighted by Gasteiger charge is -2.33. The normalized spacial score (nSPS) is 16.1. The molecule has 2 rings (SSSR count). The molecule has 1 aliphatic rings. The van der Waals surface area contributed by atoms with E-state index in [0.29, 0.717) is 13.2 Å². The Morgan fingerprint density at radius 3 is 2.52 bits per heavy atom. The third kappa shape index (κ3) is 5.00. The van der Waals surface area contributed by atoms with Crippen LogP contribution >= 0.6 is 0 Å². The smallest absolute Gasteiger partial charge is 0.243 e. The number of aryl methyl sites for hydroxylation is 1. The number of methoxy groups -OCH3 is 1. The molecule has 0 saturated carbocycles. The van der Waals surface area contributed by atoms with Crippen LogP contribution in [0.15, 0.2) is 29.2 Å². The predicted octanol–water partition coefficient (Wildman–Crippen LogP) is -0.409. The largest absolute Gasteiger partial charge is 0.383 e. The number of hydrogen-bond donors (Lipinski definition) is 1. The Morgan fingerprint density at radius 1 is 1.24 bits per heavy atom. The van der Waals surface area contributed by atoms with Crippen LogP contribution in [-0.4, -0.2) is 75.9 Å². The van der Waals surface area contributed by atoms with Crippen LogP contribution in [0.5, 0.6) is 0 Å². The van der Waals surface area contributed by atoms with E-state index in [1.54, 1.807) is 12.1 Å². The summed E-state index contributed by atoms with van der Waals surface area (Å²) in [5, 5.41) is 2.63. The van der Waals surface area contributed by atoms with Gasteiger partial charge in [-0.15, -0.1) is 0 Å². The summed E-state index contributed by atoms with van der Waals surface area (Å²) in [4.78, 5) is 25.5. The Hall–Kier alpha value is -1.97. The van der Waals surface area contributed by atoms with Gasteiger partial charge in [-0.2, -0.15) is 4.31 Å². The zero-order valence-electron chi connectivity index (χ0n) is 14.4. The number of carbonyl (C=O) groups is 2. The maximum absolute atomic E-state index is 12.6. The third-order valence-electron chi connectivity index (χ3n) is 3.91. The van der Waals surface area contributed by atoms with Gasteiger partial charge in [0.05, 0.1) is 24.6 Å². The Kier molecular flexibility index (Phi) is 6.51. The zero-order chi connectivity index (χ0) is 18.4. The van der Waals surface area contributed by atoms with E-state index in [2.05, 4.69) is 5.32 Å². The first-order valence-electron chi connectivity index (χ1n) is 7.95. The summed E-state index contributed by atoms with van der Waals surface area (Å²) >= 11 is 0. The average molecular weight is 369 g/mol. The lowest BCUT2D eigenvalue weighted by atomic mass is 10.2. The second kappa shape index (κ2) is 8.41. The molecule has 0 aliphatic carbocycles. The van der Waals surface area contributed by atoms with Crippen molar-refractivity contribution in [1.82, 2.24) is 14.5 Å². The molecule has 0 bridgehead atoms. The molecule has 1 fully saturated rings. The van der Waals surface area contributed by atoms with Crippen molar-refractivity contribution in [3.05, 3.63) is 29.8 Å². The van der Waals surface area contributed by atoms with Gasteiger partial charge in [0.1, 0.15) is 0 Å². The van der Waals surface area contributed by atoms with Crippen LogP contribution in [0.25, 0.3) is 0 Å². The molecule has 8 nitrogen and oxygen atoms in total. The van der Waals surface area contributed by atoms with E-state index in [1.807, 2.05) is 6.92 Å². The number of benzene rings is 1. The first kappa shape index (κ1) is 19.4. The first-order chi connectivity index (χ1) is 11.8. The molecule has 1 aliphatic heterocycles. The minimum Gasteiger partial charge on any atom is -0.383 e. The van der Waals surface area contributed by atoms with Crippen molar-refractivity contribution in [3.8, 4) is 0 Å². The van der Waals surface area contributed by atoms with E-state index < -0.39 is 10.0 Å². The SMILES string of the molecule is COCCNC(=O)CN1CCN(S(=O)(=O)c2ccc(C)cc2)CC1=O. The van der Waals surface area contributed by atoms with Crippen molar-refractivity contribution in [2.75, 3.05) is 46.4 Å². The molecule has 1 N–H and O–H groups in total. The molecule has 1 heterocycles. The fraction of sp³-hybridized carbons (Fsp3) is 0.500. The number of ether oxygens (including phenoxy) is 1. The molecule has 0 unspecified atom stereocenters. The number of carbonyl (C=O) groups excluding carboxylic acids is 2. The standard InChI is InChI=1S/C16H23N3O5S/c1-13-3-5-14(6-4-13)25(22,23)19-9-8-18(16(21)12-19)11-15(20)17-7-10-24-2/h3-6H,7-12H2,1-2H3,(H,17,20). The third-order valence-corrected chi connectivity index (χ3v) is 5.76. The van der Waals surface area contributed by atoms with E-state index in [0.717, 1.165) is 9.87 Å². The summed E-state index contributed by atoms with van der Waals surface area (Å²) < 4.78 is 31.2. The summed E-state index contributed by atoms with van der Waals surface area (Å²) in [7, 11) is -2.18. The molecular formula is C16H23N3O5S. The summed E-state index contributed by atoms with van der Waals surface area (Å²) in [6.07, 6.45) is 0.